The lowest BCUT2D eigenvalue weighted by atomic mass is 10.00. The van der Waals surface area contributed by atoms with E-state index < -0.39 is 32.5 Å². The van der Waals surface area contributed by atoms with Crippen LogP contribution >= 0.6 is 0 Å². The van der Waals surface area contributed by atoms with Gasteiger partial charge in [0.15, 0.2) is 0 Å². The summed E-state index contributed by atoms with van der Waals surface area (Å²) in [5, 5.41) is 18.2. The van der Waals surface area contributed by atoms with E-state index in [0.717, 1.165) is 12.1 Å². The molecule has 0 bridgehead atoms. The zero-order chi connectivity index (χ0) is 15.1. The lowest BCUT2D eigenvalue weighted by molar-refractivity contribution is 0.0684. The van der Waals surface area contributed by atoms with Crippen molar-refractivity contribution in [2.75, 3.05) is 0 Å². The molecule has 0 amide bonds. The number of fused-ring (bicyclic) bond motifs is 1. The van der Waals surface area contributed by atoms with E-state index in [-0.39, 0.29) is 16.3 Å². The van der Waals surface area contributed by atoms with Gasteiger partial charge in [0, 0.05) is 0 Å². The second-order valence-corrected chi connectivity index (χ2v) is 5.31. The molecule has 0 atom stereocenters. The maximum atomic E-state index is 11.2. The van der Waals surface area contributed by atoms with Crippen LogP contribution in [0, 0.1) is 0 Å². The van der Waals surface area contributed by atoms with Crippen molar-refractivity contribution in [3.8, 4) is 0 Å². The number of carbonyl (C=O) groups is 2. The zero-order valence-electron chi connectivity index (χ0n) is 9.77. The highest BCUT2D eigenvalue weighted by molar-refractivity contribution is 7.86. The summed E-state index contributed by atoms with van der Waals surface area (Å²) in [6, 6.07) is 5.86. The van der Waals surface area contributed by atoms with Gasteiger partial charge in [-0.25, -0.2) is 9.59 Å². The van der Waals surface area contributed by atoms with Gasteiger partial charge in [-0.2, -0.15) is 8.42 Å². The first-order chi connectivity index (χ1) is 9.23. The van der Waals surface area contributed by atoms with E-state index in [1.807, 2.05) is 0 Å². The van der Waals surface area contributed by atoms with E-state index in [1.54, 1.807) is 0 Å². The quantitative estimate of drug-likeness (QED) is 0.731. The molecule has 0 radical (unpaired) electrons. The predicted molar refractivity (Wildman–Crippen MR) is 67.7 cm³/mol. The van der Waals surface area contributed by atoms with E-state index >= 15 is 0 Å². The van der Waals surface area contributed by atoms with Gasteiger partial charge in [0.1, 0.15) is 4.90 Å². The Balaban J connectivity index is 3.02. The van der Waals surface area contributed by atoms with Crippen LogP contribution < -0.4 is 0 Å². The molecule has 2 rings (SSSR count). The van der Waals surface area contributed by atoms with Crippen molar-refractivity contribution in [1.82, 2.24) is 0 Å². The number of carboxylic acid groups (broad SMARTS) is 2. The summed E-state index contributed by atoms with van der Waals surface area (Å²) in [6.07, 6.45) is 0. The first kappa shape index (κ1) is 14.0. The number of aromatic carboxylic acids is 2. The molecule has 0 saturated carbocycles. The molecule has 20 heavy (non-hydrogen) atoms. The van der Waals surface area contributed by atoms with Crippen LogP contribution in [-0.4, -0.2) is 35.1 Å². The molecular weight excluding hydrogens is 288 g/mol. The van der Waals surface area contributed by atoms with Crippen molar-refractivity contribution in [2.24, 2.45) is 0 Å². The number of carboxylic acids is 2. The van der Waals surface area contributed by atoms with Crippen LogP contribution in [0.4, 0.5) is 0 Å². The van der Waals surface area contributed by atoms with Gasteiger partial charge in [-0.1, -0.05) is 18.2 Å². The Morgan fingerprint density at radius 1 is 0.900 bits per heavy atom. The molecule has 0 aliphatic heterocycles. The van der Waals surface area contributed by atoms with Gasteiger partial charge in [0.25, 0.3) is 10.1 Å². The molecule has 0 aliphatic carbocycles. The summed E-state index contributed by atoms with van der Waals surface area (Å²) in [5.74, 6) is -2.85. The number of benzene rings is 2. The standard InChI is InChI=1S/C12H8O7S/c13-11(14)8-3-1-2-7-6(8)4-5-9(20(17,18)19)10(7)12(15)16/h1-5H,(H,13,14)(H,15,16)(H,17,18,19). The van der Waals surface area contributed by atoms with Gasteiger partial charge in [-0.3, -0.25) is 4.55 Å². The predicted octanol–water partition coefficient (Wildman–Crippen LogP) is 1.48. The largest absolute Gasteiger partial charge is 0.478 e. The highest BCUT2D eigenvalue weighted by Gasteiger charge is 2.24. The number of hydrogen-bond acceptors (Lipinski definition) is 4. The molecule has 104 valence electrons. The molecule has 2 aromatic carbocycles. The summed E-state index contributed by atoms with van der Waals surface area (Å²) >= 11 is 0. The Hall–Kier alpha value is -2.45. The van der Waals surface area contributed by atoms with Crippen LogP contribution in [0.3, 0.4) is 0 Å². The minimum Gasteiger partial charge on any atom is -0.478 e. The highest BCUT2D eigenvalue weighted by Crippen LogP contribution is 2.28. The van der Waals surface area contributed by atoms with Crippen molar-refractivity contribution in [3.63, 3.8) is 0 Å². The van der Waals surface area contributed by atoms with E-state index in [4.69, 9.17) is 14.8 Å². The Labute approximate surface area is 112 Å². The van der Waals surface area contributed by atoms with Crippen LogP contribution in [0.15, 0.2) is 35.2 Å². The lowest BCUT2D eigenvalue weighted by Gasteiger charge is -2.09. The molecule has 0 heterocycles. The Kier molecular flexibility index (Phi) is 3.20. The normalized spacial score (nSPS) is 11.4. The van der Waals surface area contributed by atoms with Gasteiger partial charge >= 0.3 is 11.9 Å². The second-order valence-electron chi connectivity index (χ2n) is 3.92. The molecule has 0 saturated heterocycles. The average molecular weight is 296 g/mol. The Morgan fingerprint density at radius 2 is 1.55 bits per heavy atom. The summed E-state index contributed by atoms with van der Waals surface area (Å²) in [5.41, 5.74) is -0.819. The second kappa shape index (κ2) is 4.58. The van der Waals surface area contributed by atoms with Crippen LogP contribution in [0.25, 0.3) is 10.8 Å². The minimum absolute atomic E-state index is 0.0739. The zero-order valence-corrected chi connectivity index (χ0v) is 10.6. The van der Waals surface area contributed by atoms with Crippen molar-refractivity contribution >= 4 is 32.8 Å². The molecule has 0 unspecified atom stereocenters. The maximum absolute atomic E-state index is 11.2. The molecule has 8 heteroatoms. The third-order valence-corrected chi connectivity index (χ3v) is 3.64. The van der Waals surface area contributed by atoms with Crippen molar-refractivity contribution in [3.05, 3.63) is 41.5 Å². The van der Waals surface area contributed by atoms with E-state index in [2.05, 4.69) is 0 Å². The van der Waals surface area contributed by atoms with Crippen molar-refractivity contribution in [2.45, 2.75) is 4.90 Å². The highest BCUT2D eigenvalue weighted by atomic mass is 32.2. The Morgan fingerprint density at radius 3 is 2.05 bits per heavy atom. The summed E-state index contributed by atoms with van der Waals surface area (Å²) in [7, 11) is -4.73. The first-order valence-corrected chi connectivity index (χ1v) is 6.67. The molecule has 0 aromatic heterocycles. The molecular formula is C12H8O7S. The number of hydrogen-bond donors (Lipinski definition) is 3. The van der Waals surface area contributed by atoms with E-state index in [1.165, 1.54) is 18.2 Å². The third-order valence-electron chi connectivity index (χ3n) is 2.75. The van der Waals surface area contributed by atoms with Gasteiger partial charge in [-0.05, 0) is 22.9 Å². The fraction of sp³-hybridized carbons (Fsp3) is 0. The summed E-state index contributed by atoms with van der Waals surface area (Å²) < 4.78 is 31.4. The molecule has 0 spiro atoms. The van der Waals surface area contributed by atoms with E-state index in [9.17, 15) is 18.0 Å². The SMILES string of the molecule is O=C(O)c1cccc2c(C(=O)O)c(S(=O)(=O)O)ccc12. The maximum Gasteiger partial charge on any atom is 0.337 e. The first-order valence-electron chi connectivity index (χ1n) is 5.23. The number of rotatable bonds is 3. The minimum atomic E-state index is -4.73. The van der Waals surface area contributed by atoms with Crippen molar-refractivity contribution < 1.29 is 32.8 Å². The lowest BCUT2D eigenvalue weighted by Crippen LogP contribution is -2.10. The van der Waals surface area contributed by atoms with Crippen LogP contribution in [0.2, 0.25) is 0 Å². The smallest absolute Gasteiger partial charge is 0.337 e. The van der Waals surface area contributed by atoms with Crippen LogP contribution in [-0.2, 0) is 10.1 Å². The summed E-state index contributed by atoms with van der Waals surface area (Å²) in [6.45, 7) is 0. The molecule has 2 aromatic rings. The van der Waals surface area contributed by atoms with Crippen LogP contribution in [0.1, 0.15) is 20.7 Å². The van der Waals surface area contributed by atoms with Crippen molar-refractivity contribution in [1.29, 1.82) is 0 Å². The molecule has 3 N–H and O–H groups in total. The van der Waals surface area contributed by atoms with Gasteiger partial charge in [-0.15, -0.1) is 0 Å². The fourth-order valence-electron chi connectivity index (χ4n) is 1.96. The molecule has 7 nitrogen and oxygen atoms in total. The van der Waals surface area contributed by atoms with Crippen LogP contribution in [0.5, 0.6) is 0 Å². The van der Waals surface area contributed by atoms with Gasteiger partial charge in [0.2, 0.25) is 0 Å². The molecule has 0 aliphatic rings. The fourth-order valence-corrected chi connectivity index (χ4v) is 2.66. The van der Waals surface area contributed by atoms with Gasteiger partial charge in [0.05, 0.1) is 11.1 Å². The monoisotopic (exact) mass is 296 g/mol. The average Bonchev–Trinajstić information content (AvgIpc) is 2.34. The third kappa shape index (κ3) is 2.22. The summed E-state index contributed by atoms with van der Waals surface area (Å²) in [4.78, 5) is 21.5. The van der Waals surface area contributed by atoms with Gasteiger partial charge < -0.3 is 10.2 Å². The molecule has 0 fully saturated rings. The Bertz CT molecular complexity index is 836. The van der Waals surface area contributed by atoms with E-state index in [0.29, 0.717) is 0 Å². The topological polar surface area (TPSA) is 129 Å².